The molecule has 0 aliphatic carbocycles. The lowest BCUT2D eigenvalue weighted by molar-refractivity contribution is 0.745. The molecule has 0 unspecified atom stereocenters. The van der Waals surface area contributed by atoms with Crippen LogP contribution in [0.25, 0.3) is 110 Å². The first-order chi connectivity index (χ1) is 41.4. The van der Waals surface area contributed by atoms with E-state index >= 15 is 0 Å². The average molecular weight is 963 g/mol. The topological polar surface area (TPSA) is 9.86 Å². The van der Waals surface area contributed by atoms with Crippen molar-refractivity contribution in [2.24, 2.45) is 0 Å². The van der Waals surface area contributed by atoms with Crippen molar-refractivity contribution in [1.82, 2.24) is 9.13 Å². The molecule has 0 N–H and O–H groups in total. The summed E-state index contributed by atoms with van der Waals surface area (Å²) in [6, 6.07) is 74.3. The summed E-state index contributed by atoms with van der Waals surface area (Å²) in [6.07, 6.45) is 0. The van der Waals surface area contributed by atoms with Crippen LogP contribution in [0.1, 0.15) is 36.0 Å². The van der Waals surface area contributed by atoms with Crippen LogP contribution in [0.3, 0.4) is 0 Å². The van der Waals surface area contributed by atoms with Crippen molar-refractivity contribution in [3.05, 3.63) is 313 Å². The van der Waals surface area contributed by atoms with Gasteiger partial charge in [0.15, 0.2) is 0 Å². The third kappa shape index (κ3) is 6.60. The Hall–Kier alpha value is -9.76. The summed E-state index contributed by atoms with van der Waals surface area (Å²) in [4.78, 5) is 0. The Balaban J connectivity index is 1.04. The summed E-state index contributed by atoms with van der Waals surface area (Å²) >= 11 is 0. The number of aromatic nitrogens is 2. The van der Waals surface area contributed by atoms with E-state index in [-0.39, 0.29) is 22.3 Å². The summed E-state index contributed by atoms with van der Waals surface area (Å²) in [7, 11) is 0. The molecular formula is C73H48N2. The maximum absolute atomic E-state index is 9.26. The van der Waals surface area contributed by atoms with Crippen LogP contribution in [-0.2, 0) is 5.41 Å². The second kappa shape index (κ2) is 17.2. The molecule has 0 radical (unpaired) electrons. The van der Waals surface area contributed by atoms with E-state index in [0.29, 0.717) is 5.56 Å². The van der Waals surface area contributed by atoms with Gasteiger partial charge in [-0.25, -0.2) is 0 Å². The molecule has 2 heteroatoms. The molecule has 0 amide bonds. The fourth-order valence-corrected chi connectivity index (χ4v) is 12.3. The molecule has 0 saturated heterocycles. The fraction of sp³-hybridized carbons (Fsp3) is 0.0137. The zero-order chi connectivity index (χ0) is 58.2. The number of rotatable bonds is 8. The average Bonchev–Trinajstić information content (AvgIpc) is 1.74. The molecule has 13 aromatic carbocycles. The minimum atomic E-state index is -1.26. The first kappa shape index (κ1) is 33.8. The van der Waals surface area contributed by atoms with Crippen LogP contribution in [0.5, 0.6) is 0 Å². The second-order valence-electron chi connectivity index (χ2n) is 19.2. The molecule has 2 nitrogen and oxygen atoms in total. The molecule has 15 rings (SSSR count). The van der Waals surface area contributed by atoms with E-state index in [1.165, 1.54) is 26.9 Å². The molecule has 350 valence electrons. The van der Waals surface area contributed by atoms with Gasteiger partial charge in [-0.05, 0) is 132 Å². The zero-order valence-corrected chi connectivity index (χ0v) is 40.3. The molecule has 2 aromatic heterocycles. The lowest BCUT2D eigenvalue weighted by atomic mass is 9.64. The smallest absolute Gasteiger partial charge is 0.0702 e. The van der Waals surface area contributed by atoms with E-state index in [9.17, 15) is 5.48 Å². The molecule has 0 bridgehead atoms. The van der Waals surface area contributed by atoms with Gasteiger partial charge in [-0.1, -0.05) is 230 Å². The molecule has 0 saturated carbocycles. The molecule has 2 heterocycles. The van der Waals surface area contributed by atoms with Crippen LogP contribution in [0.15, 0.2) is 291 Å². The molecule has 0 aliphatic heterocycles. The highest BCUT2D eigenvalue weighted by atomic mass is 15.0. The lowest BCUT2D eigenvalue weighted by Gasteiger charge is -2.37. The molecule has 0 aliphatic rings. The van der Waals surface area contributed by atoms with Crippen LogP contribution >= 0.6 is 0 Å². The summed E-state index contributed by atoms with van der Waals surface area (Å²) in [5, 5.41) is 11.6. The van der Waals surface area contributed by atoms with Gasteiger partial charge >= 0.3 is 0 Å². The minimum Gasteiger partial charge on any atom is -0.309 e. The van der Waals surface area contributed by atoms with Gasteiger partial charge < -0.3 is 9.13 Å². The predicted molar refractivity (Wildman–Crippen MR) is 317 cm³/mol. The zero-order valence-electron chi connectivity index (χ0n) is 50.3. The maximum atomic E-state index is 9.26. The molecule has 0 spiro atoms. The highest BCUT2D eigenvalue weighted by Gasteiger charge is 2.39. The van der Waals surface area contributed by atoms with E-state index in [4.69, 9.17) is 8.22 Å². The summed E-state index contributed by atoms with van der Waals surface area (Å²) in [6.45, 7) is 0. The maximum Gasteiger partial charge on any atom is 0.0702 e. The molecule has 0 fully saturated rings. The lowest BCUT2D eigenvalue weighted by Crippen LogP contribution is -2.31. The van der Waals surface area contributed by atoms with Crippen LogP contribution in [0, 0.1) is 0 Å². The summed E-state index contributed by atoms with van der Waals surface area (Å²) in [5.74, 6) is 0. The van der Waals surface area contributed by atoms with E-state index in [2.05, 4.69) is 161 Å². The number of benzene rings is 13. The third-order valence-corrected chi connectivity index (χ3v) is 15.4. The second-order valence-corrected chi connectivity index (χ2v) is 19.2. The van der Waals surface area contributed by atoms with Crippen molar-refractivity contribution < 1.29 is 13.7 Å². The molecule has 15 aromatic rings. The third-order valence-electron chi connectivity index (χ3n) is 15.4. The number of hydrogen-bond donors (Lipinski definition) is 0. The number of hydrogen-bond acceptors (Lipinski definition) is 0. The molecule has 75 heavy (non-hydrogen) atoms. The summed E-state index contributed by atoms with van der Waals surface area (Å²) in [5.41, 5.74) is 8.07. The van der Waals surface area contributed by atoms with Gasteiger partial charge in [0.05, 0.1) is 41.2 Å². The van der Waals surface area contributed by atoms with Gasteiger partial charge in [-0.15, -0.1) is 0 Å². The van der Waals surface area contributed by atoms with Crippen molar-refractivity contribution >= 4 is 75.9 Å². The Labute approximate surface area is 449 Å². The number of nitrogens with zero attached hydrogens (tertiary/aromatic N) is 2. The number of fused-ring (bicyclic) bond motifs is 13. The predicted octanol–water partition coefficient (Wildman–Crippen LogP) is 19.1. The standard InChI is InChI=1S/C73H48N2/c1-5-21-49(22-6-1)51-45-52(50-23-7-2-8-24-50)47-56(46-51)73(53-25-9-3-10-26-53,54-27-11-4-12-28-54)55-37-39-57(40-38-55)74-69-44-43-65-61-31-14-13-29-59(61)60-30-15-16-34-64(60)71(65)72(69)66-42-41-58(48-70(66)74)75-67-35-19-17-32-62(67)63-33-18-20-36-68(63)75/h1-48H/i1D,2D,5D,6D,7D,8D,21D,22D,23D,24D. The van der Waals surface area contributed by atoms with Crippen LogP contribution < -0.4 is 0 Å². The Morgan fingerprint density at radius 3 is 1.24 bits per heavy atom. The highest BCUT2D eigenvalue weighted by Crippen LogP contribution is 2.49. The van der Waals surface area contributed by atoms with Gasteiger partial charge in [0.2, 0.25) is 0 Å². The van der Waals surface area contributed by atoms with Crippen molar-refractivity contribution in [2.45, 2.75) is 5.41 Å². The van der Waals surface area contributed by atoms with E-state index < -0.39 is 65.8 Å². The Bertz CT molecular complexity index is 5030. The quantitative estimate of drug-likeness (QED) is 0.106. The van der Waals surface area contributed by atoms with Crippen molar-refractivity contribution in [3.63, 3.8) is 0 Å². The van der Waals surface area contributed by atoms with E-state index in [1.54, 1.807) is 6.07 Å². The largest absolute Gasteiger partial charge is 0.309 e. The monoisotopic (exact) mass is 962 g/mol. The van der Waals surface area contributed by atoms with Gasteiger partial charge in [0.1, 0.15) is 0 Å². The van der Waals surface area contributed by atoms with Gasteiger partial charge in [-0.2, -0.15) is 0 Å². The number of para-hydroxylation sites is 2. The van der Waals surface area contributed by atoms with Crippen LogP contribution in [0.4, 0.5) is 0 Å². The van der Waals surface area contributed by atoms with Crippen LogP contribution in [0.2, 0.25) is 0 Å². The SMILES string of the molecule is [2H]c1c([2H])c([2H])c(-c2cc(-c3c([2H])c([2H])c([2H])c([2H])c3[2H])cc(C(c3ccccc3)(c3ccccc3)c3ccc(-n4c5cc(-n6c7ccccc7c7ccccc76)ccc5c5c6c7ccccc7c7ccccc7c6ccc54)cc3)c2)c([2H])c1[2H]. The normalized spacial score (nSPS) is 13.9. The molecular weight excluding hydrogens is 905 g/mol. The Morgan fingerprint density at radius 1 is 0.253 bits per heavy atom. The van der Waals surface area contributed by atoms with E-state index in [1.807, 2.05) is 72.8 Å². The Kier molecular flexibility index (Phi) is 7.75. The van der Waals surface area contributed by atoms with Crippen molar-refractivity contribution in [1.29, 1.82) is 0 Å². The first-order valence-corrected chi connectivity index (χ1v) is 25.2. The molecule has 0 atom stereocenters. The van der Waals surface area contributed by atoms with Crippen molar-refractivity contribution in [3.8, 4) is 33.6 Å². The fourth-order valence-electron chi connectivity index (χ4n) is 12.3. The Morgan fingerprint density at radius 2 is 0.680 bits per heavy atom. The van der Waals surface area contributed by atoms with Gasteiger partial charge in [0, 0.05) is 38.3 Å². The van der Waals surface area contributed by atoms with E-state index in [0.717, 1.165) is 77.1 Å². The highest BCUT2D eigenvalue weighted by molar-refractivity contribution is 6.35. The van der Waals surface area contributed by atoms with Crippen LogP contribution in [-0.4, -0.2) is 9.13 Å². The van der Waals surface area contributed by atoms with Crippen molar-refractivity contribution in [2.75, 3.05) is 0 Å². The summed E-state index contributed by atoms with van der Waals surface area (Å²) < 4.78 is 94.0. The van der Waals surface area contributed by atoms with Gasteiger partial charge in [0.25, 0.3) is 0 Å². The minimum absolute atomic E-state index is 0.0909. The first-order valence-electron chi connectivity index (χ1n) is 30.2. The van der Waals surface area contributed by atoms with Gasteiger partial charge in [-0.3, -0.25) is 0 Å².